The van der Waals surface area contributed by atoms with E-state index in [0.29, 0.717) is 11.3 Å². The Bertz CT molecular complexity index is 1100. The number of benzene rings is 3. The van der Waals surface area contributed by atoms with Crippen molar-refractivity contribution in [3.05, 3.63) is 81.9 Å². The summed E-state index contributed by atoms with van der Waals surface area (Å²) in [4.78, 5) is 10.7. The summed E-state index contributed by atoms with van der Waals surface area (Å²) < 4.78 is 5.70. The van der Waals surface area contributed by atoms with Gasteiger partial charge in [-0.05, 0) is 10.9 Å². The van der Waals surface area contributed by atoms with Gasteiger partial charge in [-0.1, -0.05) is 48.5 Å². The molecule has 3 aromatic carbocycles. The van der Waals surface area contributed by atoms with Crippen LogP contribution >= 0.6 is 0 Å². The molecule has 4 rings (SSSR count). The van der Waals surface area contributed by atoms with Crippen molar-refractivity contribution in [2.45, 2.75) is 5.92 Å². The van der Waals surface area contributed by atoms with Crippen LogP contribution in [0.2, 0.25) is 0 Å². The van der Waals surface area contributed by atoms with E-state index in [2.05, 4.69) is 6.07 Å². The van der Waals surface area contributed by atoms with Crippen LogP contribution in [-0.2, 0) is 0 Å². The highest BCUT2D eigenvalue weighted by atomic mass is 16.6. The molecule has 2 atom stereocenters. The number of nitro groups is 1. The number of nitrogens with zero attached hydrogens (tertiary/aromatic N) is 2. The fourth-order valence-electron chi connectivity index (χ4n) is 3.46. The van der Waals surface area contributed by atoms with Gasteiger partial charge in [-0.2, -0.15) is 5.26 Å². The molecule has 6 heteroatoms. The number of hydrogen-bond donors (Lipinski definition) is 1. The summed E-state index contributed by atoms with van der Waals surface area (Å²) in [5.41, 5.74) is 1.33. The van der Waals surface area contributed by atoms with Gasteiger partial charge in [-0.25, -0.2) is 0 Å². The largest absolute Gasteiger partial charge is 0.441 e. The van der Waals surface area contributed by atoms with Gasteiger partial charge < -0.3 is 4.74 Å². The molecule has 1 aliphatic rings. The fraction of sp³-hybridized carbons (Fsp3) is 0.100. The van der Waals surface area contributed by atoms with Gasteiger partial charge in [-0.15, -0.1) is 0 Å². The fourth-order valence-corrected chi connectivity index (χ4v) is 3.46. The zero-order valence-electron chi connectivity index (χ0n) is 13.5. The molecule has 1 heterocycles. The number of nitrogens with one attached hydrogen (secondary N) is 1. The second-order valence-corrected chi connectivity index (χ2v) is 6.11. The van der Waals surface area contributed by atoms with E-state index in [4.69, 9.17) is 10.1 Å². The predicted molar refractivity (Wildman–Crippen MR) is 96.3 cm³/mol. The number of nitro benzene ring substituents is 1. The lowest BCUT2D eigenvalue weighted by Crippen LogP contribution is -2.31. The molecule has 6 nitrogen and oxygen atoms in total. The molecule has 0 saturated heterocycles. The van der Waals surface area contributed by atoms with Crippen molar-refractivity contribution in [1.82, 2.24) is 0 Å². The van der Waals surface area contributed by atoms with E-state index in [1.54, 1.807) is 12.1 Å². The maximum Gasteiger partial charge on any atom is 0.269 e. The van der Waals surface area contributed by atoms with Crippen molar-refractivity contribution in [3.8, 4) is 11.8 Å². The van der Waals surface area contributed by atoms with Crippen LogP contribution in [0.5, 0.6) is 5.75 Å². The molecule has 0 fully saturated rings. The minimum atomic E-state index is -0.842. The Labute approximate surface area is 148 Å². The maximum absolute atomic E-state index is 11.1. The third kappa shape index (κ3) is 2.38. The highest BCUT2D eigenvalue weighted by Gasteiger charge is 2.38. The Morgan fingerprint density at radius 3 is 2.69 bits per heavy atom. The van der Waals surface area contributed by atoms with Gasteiger partial charge >= 0.3 is 0 Å². The summed E-state index contributed by atoms with van der Waals surface area (Å²) in [6, 6.07) is 19.8. The number of rotatable bonds is 2. The second-order valence-electron chi connectivity index (χ2n) is 6.11. The number of hydrogen-bond acceptors (Lipinski definition) is 5. The van der Waals surface area contributed by atoms with Gasteiger partial charge in [-0.3, -0.25) is 15.5 Å². The monoisotopic (exact) mass is 343 g/mol. The summed E-state index contributed by atoms with van der Waals surface area (Å²) in [5, 5.41) is 30.8. The molecule has 2 unspecified atom stereocenters. The van der Waals surface area contributed by atoms with Gasteiger partial charge in [0, 0.05) is 29.0 Å². The normalized spacial score (nSPS) is 18.7. The van der Waals surface area contributed by atoms with Gasteiger partial charge in [0.1, 0.15) is 11.7 Å². The molecule has 126 valence electrons. The van der Waals surface area contributed by atoms with Crippen molar-refractivity contribution in [3.63, 3.8) is 0 Å². The lowest BCUT2D eigenvalue weighted by Gasteiger charge is -2.31. The van der Waals surface area contributed by atoms with Crippen molar-refractivity contribution in [2.24, 2.45) is 5.92 Å². The lowest BCUT2D eigenvalue weighted by molar-refractivity contribution is -0.384. The van der Waals surface area contributed by atoms with Crippen LogP contribution in [0.4, 0.5) is 5.69 Å². The summed E-state index contributed by atoms with van der Waals surface area (Å²) in [6.45, 7) is 0. The first-order chi connectivity index (χ1) is 12.6. The molecular formula is C20H13N3O3. The second kappa shape index (κ2) is 5.97. The van der Waals surface area contributed by atoms with Crippen LogP contribution in [0.3, 0.4) is 0 Å². The molecule has 0 aromatic heterocycles. The number of ether oxygens (including phenoxy) is 1. The highest BCUT2D eigenvalue weighted by molar-refractivity contribution is 5.95. The molecule has 0 bridgehead atoms. The van der Waals surface area contributed by atoms with E-state index in [1.807, 2.05) is 36.4 Å². The molecule has 0 saturated carbocycles. The van der Waals surface area contributed by atoms with Gasteiger partial charge in [0.05, 0.1) is 11.0 Å². The summed E-state index contributed by atoms with van der Waals surface area (Å²) >= 11 is 0. The smallest absolute Gasteiger partial charge is 0.269 e. The van der Waals surface area contributed by atoms with Crippen LogP contribution in [-0.4, -0.2) is 10.8 Å². The SMILES string of the molecule is N#CC1C(=N)Oc2c(ccc3ccccc23)C1c1cccc([N+](=O)[O-])c1. The molecule has 3 aromatic rings. The van der Waals surface area contributed by atoms with Crippen LogP contribution in [0, 0.1) is 32.8 Å². The number of fused-ring (bicyclic) bond motifs is 3. The van der Waals surface area contributed by atoms with Crippen molar-refractivity contribution < 1.29 is 9.66 Å². The predicted octanol–water partition coefficient (Wildman–Crippen LogP) is 4.39. The van der Waals surface area contributed by atoms with Crippen LogP contribution in [0.1, 0.15) is 17.0 Å². The standard InChI is InChI=1S/C20H13N3O3/c21-11-17-18(13-5-3-6-14(10-13)23(24)25)16-9-8-12-4-1-2-7-15(12)19(16)26-20(17)22/h1-10,17-18,22H. The zero-order chi connectivity index (χ0) is 18.3. The Kier molecular flexibility index (Phi) is 3.63. The minimum Gasteiger partial charge on any atom is -0.441 e. The maximum atomic E-state index is 11.1. The molecule has 1 aliphatic heterocycles. The topological polar surface area (TPSA) is 100 Å². The van der Waals surface area contributed by atoms with Crippen molar-refractivity contribution in [1.29, 1.82) is 10.7 Å². The third-order valence-corrected chi connectivity index (χ3v) is 4.65. The first kappa shape index (κ1) is 15.8. The molecule has 0 spiro atoms. The van der Waals surface area contributed by atoms with Gasteiger partial charge in [0.2, 0.25) is 5.90 Å². The van der Waals surface area contributed by atoms with Gasteiger partial charge in [0.25, 0.3) is 5.69 Å². The van der Waals surface area contributed by atoms with E-state index in [1.165, 1.54) is 12.1 Å². The van der Waals surface area contributed by atoms with E-state index >= 15 is 0 Å². The van der Waals surface area contributed by atoms with E-state index in [9.17, 15) is 15.4 Å². The first-order valence-electron chi connectivity index (χ1n) is 8.02. The molecular weight excluding hydrogens is 330 g/mol. The molecule has 0 radical (unpaired) electrons. The Balaban J connectivity index is 1.98. The summed E-state index contributed by atoms with van der Waals surface area (Å²) in [5.74, 6) is -0.949. The van der Waals surface area contributed by atoms with E-state index < -0.39 is 16.8 Å². The first-order valence-corrected chi connectivity index (χ1v) is 8.02. The van der Waals surface area contributed by atoms with E-state index in [0.717, 1.165) is 16.3 Å². The van der Waals surface area contributed by atoms with Crippen molar-refractivity contribution in [2.75, 3.05) is 0 Å². The van der Waals surface area contributed by atoms with E-state index in [-0.39, 0.29) is 11.6 Å². The Hall–Kier alpha value is -3.72. The summed E-state index contributed by atoms with van der Waals surface area (Å²) in [6.07, 6.45) is 0. The Morgan fingerprint density at radius 2 is 1.92 bits per heavy atom. The average molecular weight is 343 g/mol. The van der Waals surface area contributed by atoms with Crippen molar-refractivity contribution >= 4 is 22.4 Å². The quantitative estimate of drug-likeness (QED) is 0.551. The third-order valence-electron chi connectivity index (χ3n) is 4.65. The molecule has 1 N–H and O–H groups in total. The van der Waals surface area contributed by atoms with Crippen LogP contribution < -0.4 is 4.74 Å². The molecule has 0 aliphatic carbocycles. The van der Waals surface area contributed by atoms with Crippen LogP contribution in [0.25, 0.3) is 10.8 Å². The van der Waals surface area contributed by atoms with Crippen LogP contribution in [0.15, 0.2) is 60.7 Å². The zero-order valence-corrected chi connectivity index (χ0v) is 13.5. The minimum absolute atomic E-state index is 0.0421. The number of non-ortho nitro benzene ring substituents is 1. The molecule has 0 amide bonds. The Morgan fingerprint density at radius 1 is 1.12 bits per heavy atom. The number of nitriles is 1. The van der Waals surface area contributed by atoms with Gasteiger partial charge in [0.15, 0.2) is 0 Å². The highest BCUT2D eigenvalue weighted by Crippen LogP contribution is 2.45. The average Bonchev–Trinajstić information content (AvgIpc) is 2.67. The summed E-state index contributed by atoms with van der Waals surface area (Å²) in [7, 11) is 0. The lowest BCUT2D eigenvalue weighted by atomic mass is 9.78. The molecule has 26 heavy (non-hydrogen) atoms.